The highest BCUT2D eigenvalue weighted by molar-refractivity contribution is 4.69. The van der Waals surface area contributed by atoms with Crippen LogP contribution in [0.3, 0.4) is 0 Å². The summed E-state index contributed by atoms with van der Waals surface area (Å²) in [5, 5.41) is 7.59. The molecular formula is C10H20N4. The molecule has 0 saturated carbocycles. The zero-order chi connectivity index (χ0) is 10.4. The molecule has 0 bridgehead atoms. The Morgan fingerprint density at radius 1 is 1.36 bits per heavy atom. The number of hydrogen-bond donors (Lipinski definition) is 1. The lowest BCUT2D eigenvalue weighted by atomic mass is 10.2. The van der Waals surface area contributed by atoms with Gasteiger partial charge in [0.2, 0.25) is 0 Å². The van der Waals surface area contributed by atoms with Crippen molar-refractivity contribution in [3.8, 4) is 0 Å². The average molecular weight is 196 g/mol. The second-order valence-electron chi connectivity index (χ2n) is 3.99. The molecule has 0 spiro atoms. The van der Waals surface area contributed by atoms with Crippen LogP contribution in [-0.2, 0) is 0 Å². The van der Waals surface area contributed by atoms with Crippen LogP contribution in [0.2, 0.25) is 0 Å². The topological polar surface area (TPSA) is 42.7 Å². The van der Waals surface area contributed by atoms with Crippen LogP contribution in [0.15, 0.2) is 12.7 Å². The highest BCUT2D eigenvalue weighted by Crippen LogP contribution is 2.06. The van der Waals surface area contributed by atoms with Gasteiger partial charge in [-0.15, -0.1) is 0 Å². The van der Waals surface area contributed by atoms with E-state index in [9.17, 15) is 0 Å². The van der Waals surface area contributed by atoms with Gasteiger partial charge in [-0.3, -0.25) is 0 Å². The maximum absolute atomic E-state index is 4.15. The minimum absolute atomic E-state index is 0.427. The number of aromatic nitrogens is 3. The van der Waals surface area contributed by atoms with Gasteiger partial charge in [0.1, 0.15) is 12.7 Å². The van der Waals surface area contributed by atoms with Crippen LogP contribution in [0.25, 0.3) is 0 Å². The Bertz CT molecular complexity index is 230. The Kier molecular flexibility index (Phi) is 4.59. The lowest BCUT2D eigenvalue weighted by Crippen LogP contribution is -2.28. The van der Waals surface area contributed by atoms with Crippen molar-refractivity contribution >= 4 is 0 Å². The molecule has 0 aliphatic heterocycles. The molecule has 0 radical (unpaired) electrons. The third kappa shape index (κ3) is 3.46. The van der Waals surface area contributed by atoms with Crippen molar-refractivity contribution in [3.63, 3.8) is 0 Å². The lowest BCUT2D eigenvalue weighted by molar-refractivity contribution is 0.399. The van der Waals surface area contributed by atoms with E-state index in [0.29, 0.717) is 12.0 Å². The quantitative estimate of drug-likeness (QED) is 0.749. The van der Waals surface area contributed by atoms with Crippen molar-refractivity contribution in [2.24, 2.45) is 5.92 Å². The zero-order valence-corrected chi connectivity index (χ0v) is 9.27. The Balaban J connectivity index is 2.33. The monoisotopic (exact) mass is 196 g/mol. The van der Waals surface area contributed by atoms with Crippen molar-refractivity contribution in [2.45, 2.75) is 33.2 Å². The first-order chi connectivity index (χ1) is 6.74. The van der Waals surface area contributed by atoms with Crippen molar-refractivity contribution in [1.82, 2.24) is 20.1 Å². The van der Waals surface area contributed by atoms with E-state index in [-0.39, 0.29) is 0 Å². The summed E-state index contributed by atoms with van der Waals surface area (Å²) in [5.41, 5.74) is 0. The van der Waals surface area contributed by atoms with Gasteiger partial charge in [0.15, 0.2) is 0 Å². The zero-order valence-electron chi connectivity index (χ0n) is 9.27. The summed E-state index contributed by atoms with van der Waals surface area (Å²) in [6, 6.07) is 0.427. The van der Waals surface area contributed by atoms with E-state index < -0.39 is 0 Å². The minimum Gasteiger partial charge on any atom is -0.314 e. The third-order valence-corrected chi connectivity index (χ3v) is 2.21. The summed E-state index contributed by atoms with van der Waals surface area (Å²) < 4.78 is 1.92. The second kappa shape index (κ2) is 5.75. The summed E-state index contributed by atoms with van der Waals surface area (Å²) in [5.74, 6) is 0.697. The molecule has 1 unspecified atom stereocenters. The summed E-state index contributed by atoms with van der Waals surface area (Å²) in [4.78, 5) is 3.96. The second-order valence-corrected chi connectivity index (χ2v) is 3.99. The van der Waals surface area contributed by atoms with Crippen LogP contribution in [0.5, 0.6) is 0 Å². The third-order valence-electron chi connectivity index (χ3n) is 2.21. The van der Waals surface area contributed by atoms with Crippen LogP contribution >= 0.6 is 0 Å². The van der Waals surface area contributed by atoms with E-state index in [2.05, 4.69) is 36.2 Å². The van der Waals surface area contributed by atoms with Crippen LogP contribution in [0, 0.1) is 5.92 Å². The molecule has 0 saturated heterocycles. The normalized spacial score (nSPS) is 13.4. The van der Waals surface area contributed by atoms with Crippen LogP contribution in [0.1, 0.15) is 33.2 Å². The Hall–Kier alpha value is -0.900. The molecule has 1 aromatic rings. The summed E-state index contributed by atoms with van der Waals surface area (Å²) in [7, 11) is 0. The molecule has 0 amide bonds. The van der Waals surface area contributed by atoms with Crippen molar-refractivity contribution < 1.29 is 0 Å². The molecule has 1 aromatic heterocycles. The van der Waals surface area contributed by atoms with Crippen LogP contribution in [-0.4, -0.2) is 27.9 Å². The first-order valence-corrected chi connectivity index (χ1v) is 5.28. The maximum atomic E-state index is 4.15. The molecular weight excluding hydrogens is 176 g/mol. The molecule has 1 atom stereocenters. The molecule has 0 aromatic carbocycles. The van der Waals surface area contributed by atoms with Gasteiger partial charge in [0.25, 0.3) is 0 Å². The van der Waals surface area contributed by atoms with Gasteiger partial charge in [-0.1, -0.05) is 20.8 Å². The maximum Gasteiger partial charge on any atom is 0.137 e. The van der Waals surface area contributed by atoms with E-state index in [1.165, 1.54) is 0 Å². The van der Waals surface area contributed by atoms with Crippen LogP contribution in [0.4, 0.5) is 0 Å². The van der Waals surface area contributed by atoms with Crippen molar-refractivity contribution in [2.75, 3.05) is 13.1 Å². The number of rotatable bonds is 6. The van der Waals surface area contributed by atoms with Crippen molar-refractivity contribution in [1.29, 1.82) is 0 Å². The molecule has 1 N–H and O–H groups in total. The van der Waals surface area contributed by atoms with E-state index in [0.717, 1.165) is 19.5 Å². The fourth-order valence-corrected chi connectivity index (χ4v) is 1.37. The fourth-order valence-electron chi connectivity index (χ4n) is 1.37. The molecule has 0 aliphatic rings. The highest BCUT2D eigenvalue weighted by atomic mass is 15.3. The Morgan fingerprint density at radius 3 is 2.64 bits per heavy atom. The van der Waals surface area contributed by atoms with Gasteiger partial charge in [-0.05, 0) is 18.9 Å². The van der Waals surface area contributed by atoms with Gasteiger partial charge in [-0.2, -0.15) is 5.10 Å². The Morgan fingerprint density at radius 2 is 2.14 bits per heavy atom. The molecule has 1 rings (SSSR count). The van der Waals surface area contributed by atoms with Crippen molar-refractivity contribution in [3.05, 3.63) is 12.7 Å². The molecule has 1 heterocycles. The highest BCUT2D eigenvalue weighted by Gasteiger charge is 2.08. The van der Waals surface area contributed by atoms with E-state index in [1.54, 1.807) is 12.7 Å². The largest absolute Gasteiger partial charge is 0.314 e. The lowest BCUT2D eigenvalue weighted by Gasteiger charge is -2.16. The summed E-state index contributed by atoms with van der Waals surface area (Å²) >= 11 is 0. The molecule has 4 heteroatoms. The van der Waals surface area contributed by atoms with E-state index in [1.807, 2.05) is 4.68 Å². The molecule has 4 nitrogen and oxygen atoms in total. The van der Waals surface area contributed by atoms with E-state index in [4.69, 9.17) is 0 Å². The molecule has 80 valence electrons. The number of hydrogen-bond acceptors (Lipinski definition) is 3. The summed E-state index contributed by atoms with van der Waals surface area (Å²) in [6.07, 6.45) is 4.45. The van der Waals surface area contributed by atoms with Gasteiger partial charge >= 0.3 is 0 Å². The predicted octanol–water partition coefficient (Wildman–Crippen LogP) is 1.47. The van der Waals surface area contributed by atoms with Crippen LogP contribution < -0.4 is 5.32 Å². The molecule has 0 aliphatic carbocycles. The first-order valence-electron chi connectivity index (χ1n) is 5.28. The Labute approximate surface area is 85.7 Å². The first kappa shape index (κ1) is 11.2. The van der Waals surface area contributed by atoms with Gasteiger partial charge in [0, 0.05) is 6.54 Å². The molecule has 14 heavy (non-hydrogen) atoms. The SMILES string of the molecule is CCC(CNCC(C)C)n1cncn1. The summed E-state index contributed by atoms with van der Waals surface area (Å²) in [6.45, 7) is 8.62. The fraction of sp³-hybridized carbons (Fsp3) is 0.800. The smallest absolute Gasteiger partial charge is 0.137 e. The average Bonchev–Trinajstić information content (AvgIpc) is 2.64. The van der Waals surface area contributed by atoms with Gasteiger partial charge in [-0.25, -0.2) is 9.67 Å². The minimum atomic E-state index is 0.427. The number of nitrogens with one attached hydrogen (secondary N) is 1. The number of nitrogens with zero attached hydrogens (tertiary/aromatic N) is 3. The predicted molar refractivity (Wildman–Crippen MR) is 57.1 cm³/mol. The van der Waals surface area contributed by atoms with E-state index >= 15 is 0 Å². The van der Waals surface area contributed by atoms with Gasteiger partial charge in [0.05, 0.1) is 6.04 Å². The standard InChI is InChI=1S/C10H20N4/c1-4-10(6-11-5-9(2)3)14-8-12-7-13-14/h7-11H,4-6H2,1-3H3. The van der Waals surface area contributed by atoms with Gasteiger partial charge < -0.3 is 5.32 Å². The molecule has 0 fully saturated rings.